The minimum Gasteiger partial charge on any atom is -0.335 e. The number of aryl methyl sites for hydroxylation is 1. The molecule has 0 spiro atoms. The molecule has 3 heterocycles. The van der Waals surface area contributed by atoms with Crippen LogP contribution in [0, 0.1) is 12.7 Å². The molecule has 4 aromatic rings. The maximum Gasteiger partial charge on any atom is 0.321 e. The third kappa shape index (κ3) is 5.07. The molecule has 3 aromatic heterocycles. The smallest absolute Gasteiger partial charge is 0.321 e. The molecule has 3 N–H and O–H groups in total. The fourth-order valence-electron chi connectivity index (χ4n) is 3.18. The molecule has 0 atom stereocenters. The van der Waals surface area contributed by atoms with Crippen molar-refractivity contribution >= 4 is 50.0 Å². The molecule has 170 valence electrons. The van der Waals surface area contributed by atoms with Crippen LogP contribution in [0.4, 0.5) is 14.3 Å². The molecule has 4 rings (SSSR count). The van der Waals surface area contributed by atoms with Gasteiger partial charge in [-0.05, 0) is 30.2 Å². The number of anilines is 1. The van der Waals surface area contributed by atoms with Gasteiger partial charge in [0, 0.05) is 19.0 Å². The van der Waals surface area contributed by atoms with E-state index in [1.807, 2.05) is 0 Å². The van der Waals surface area contributed by atoms with E-state index in [4.69, 9.17) is 0 Å². The molecule has 12 heteroatoms. The van der Waals surface area contributed by atoms with E-state index >= 15 is 0 Å². The quantitative estimate of drug-likeness (QED) is 0.385. The van der Waals surface area contributed by atoms with Crippen molar-refractivity contribution in [2.75, 3.05) is 12.4 Å². The van der Waals surface area contributed by atoms with Crippen molar-refractivity contribution < 1.29 is 14.0 Å². The lowest BCUT2D eigenvalue weighted by Crippen LogP contribution is -2.28. The first-order chi connectivity index (χ1) is 15.8. The van der Waals surface area contributed by atoms with Crippen LogP contribution in [0.15, 0.2) is 40.8 Å². The number of amides is 3. The van der Waals surface area contributed by atoms with Gasteiger partial charge in [0.05, 0.1) is 28.8 Å². The largest absolute Gasteiger partial charge is 0.335 e. The number of nitrogens with one attached hydrogen (secondary N) is 3. The number of rotatable bonds is 6. The third-order valence-corrected chi connectivity index (χ3v) is 6.78. The molecule has 0 radical (unpaired) electrons. The van der Waals surface area contributed by atoms with Gasteiger partial charge >= 0.3 is 6.03 Å². The number of fused-ring (bicyclic) bond motifs is 1. The molecule has 0 fully saturated rings. The number of urea groups is 1. The van der Waals surface area contributed by atoms with Gasteiger partial charge in [0.25, 0.3) is 11.5 Å². The molecule has 0 saturated heterocycles. The Bertz CT molecular complexity index is 1400. The average Bonchev–Trinajstić information content (AvgIpc) is 3.36. The van der Waals surface area contributed by atoms with Gasteiger partial charge in [0.15, 0.2) is 5.13 Å². The number of hydrogen-bond acceptors (Lipinski definition) is 7. The molecule has 33 heavy (non-hydrogen) atoms. The fourth-order valence-corrected chi connectivity index (χ4v) is 5.02. The molecule has 0 unspecified atom stereocenters. The summed E-state index contributed by atoms with van der Waals surface area (Å²) in [6.45, 7) is 2.12. The van der Waals surface area contributed by atoms with Crippen molar-refractivity contribution in [2.45, 2.75) is 20.0 Å². The maximum atomic E-state index is 13.2. The molecule has 0 aliphatic carbocycles. The zero-order valence-corrected chi connectivity index (χ0v) is 19.3. The number of carbonyl (C=O) groups excluding carboxylic acids is 2. The van der Waals surface area contributed by atoms with Gasteiger partial charge in [0.1, 0.15) is 10.6 Å². The van der Waals surface area contributed by atoms with E-state index in [0.29, 0.717) is 37.0 Å². The first-order valence-electron chi connectivity index (χ1n) is 9.77. The number of benzene rings is 1. The summed E-state index contributed by atoms with van der Waals surface area (Å²) in [4.78, 5) is 50.6. The standard InChI is InChI=1S/C21H19FN6O3S2/c1-11-15-17(29)24-10-25-18(15)33-16(11)19(30)28(2)8-14-9-32-21(26-14)27-20(31)23-7-12-4-3-5-13(22)6-12/h3-6,9-10H,7-8H2,1-2H3,(H,24,25,29)(H2,23,26,27,31). The summed E-state index contributed by atoms with van der Waals surface area (Å²) in [6, 6.07) is 5.50. The summed E-state index contributed by atoms with van der Waals surface area (Å²) in [5.41, 5.74) is 1.56. The Morgan fingerprint density at radius 3 is 2.88 bits per heavy atom. The molecule has 3 amide bonds. The second kappa shape index (κ2) is 9.46. The van der Waals surface area contributed by atoms with Gasteiger partial charge in [-0.25, -0.2) is 19.2 Å². The number of hydrogen-bond donors (Lipinski definition) is 3. The third-order valence-electron chi connectivity index (χ3n) is 4.79. The van der Waals surface area contributed by atoms with E-state index in [1.165, 1.54) is 46.0 Å². The van der Waals surface area contributed by atoms with Crippen LogP contribution in [-0.4, -0.2) is 38.8 Å². The summed E-state index contributed by atoms with van der Waals surface area (Å²) in [5.74, 6) is -0.614. The predicted molar refractivity (Wildman–Crippen MR) is 125 cm³/mol. The summed E-state index contributed by atoms with van der Waals surface area (Å²) in [5, 5.41) is 7.81. The molecule has 0 bridgehead atoms. The van der Waals surface area contributed by atoms with Crippen LogP contribution < -0.4 is 16.2 Å². The van der Waals surface area contributed by atoms with Crippen molar-refractivity contribution in [1.29, 1.82) is 0 Å². The van der Waals surface area contributed by atoms with Gasteiger partial charge in [-0.15, -0.1) is 22.7 Å². The van der Waals surface area contributed by atoms with Crippen molar-refractivity contribution in [3.05, 3.63) is 73.8 Å². The van der Waals surface area contributed by atoms with Gasteiger partial charge in [-0.1, -0.05) is 12.1 Å². The first-order valence-corrected chi connectivity index (χ1v) is 11.5. The Kier molecular flexibility index (Phi) is 6.47. The highest BCUT2D eigenvalue weighted by Crippen LogP contribution is 2.28. The topological polar surface area (TPSA) is 120 Å². The van der Waals surface area contributed by atoms with Crippen LogP contribution in [0.25, 0.3) is 10.2 Å². The average molecular weight is 487 g/mol. The molecule has 9 nitrogen and oxygen atoms in total. The lowest BCUT2D eigenvalue weighted by atomic mass is 10.2. The molecule has 0 saturated carbocycles. The van der Waals surface area contributed by atoms with E-state index in [-0.39, 0.29) is 30.4 Å². The van der Waals surface area contributed by atoms with Crippen molar-refractivity contribution in [3.63, 3.8) is 0 Å². The van der Waals surface area contributed by atoms with E-state index < -0.39 is 6.03 Å². The lowest BCUT2D eigenvalue weighted by molar-refractivity contribution is 0.0788. The van der Waals surface area contributed by atoms with Crippen LogP contribution in [0.1, 0.15) is 26.5 Å². The van der Waals surface area contributed by atoms with Gasteiger partial charge < -0.3 is 15.2 Å². The normalized spacial score (nSPS) is 10.9. The molecule has 0 aliphatic rings. The minimum absolute atomic E-state index is 0.172. The number of halogens is 1. The fraction of sp³-hybridized carbons (Fsp3) is 0.190. The monoisotopic (exact) mass is 486 g/mol. The summed E-state index contributed by atoms with van der Waals surface area (Å²) in [7, 11) is 1.64. The Morgan fingerprint density at radius 2 is 2.12 bits per heavy atom. The number of nitrogens with zero attached hydrogens (tertiary/aromatic N) is 3. The minimum atomic E-state index is -0.469. The van der Waals surface area contributed by atoms with E-state index in [9.17, 15) is 18.8 Å². The first kappa shape index (κ1) is 22.6. The zero-order valence-electron chi connectivity index (χ0n) is 17.6. The van der Waals surface area contributed by atoms with Crippen molar-refractivity contribution in [3.8, 4) is 0 Å². The number of aromatic nitrogens is 3. The SMILES string of the molecule is Cc1c(C(=O)N(C)Cc2csc(NC(=O)NCc3cccc(F)c3)n2)sc2nc[nH]c(=O)c12. The number of carbonyl (C=O) groups is 2. The van der Waals surface area contributed by atoms with E-state index in [0.717, 1.165) is 0 Å². The molecular weight excluding hydrogens is 467 g/mol. The Balaban J connectivity index is 1.36. The molecular formula is C21H19FN6O3S2. The highest BCUT2D eigenvalue weighted by molar-refractivity contribution is 7.20. The Labute approximate surface area is 195 Å². The van der Waals surface area contributed by atoms with Crippen molar-refractivity contribution in [2.24, 2.45) is 0 Å². The highest BCUT2D eigenvalue weighted by Gasteiger charge is 2.22. The maximum absolute atomic E-state index is 13.2. The van der Waals surface area contributed by atoms with E-state index in [2.05, 4.69) is 25.6 Å². The second-order valence-corrected chi connectivity index (χ2v) is 9.07. The van der Waals surface area contributed by atoms with Crippen LogP contribution in [0.2, 0.25) is 0 Å². The van der Waals surface area contributed by atoms with Crippen LogP contribution in [0.3, 0.4) is 0 Å². The number of H-pyrrole nitrogens is 1. The van der Waals surface area contributed by atoms with Crippen LogP contribution in [0.5, 0.6) is 0 Å². The lowest BCUT2D eigenvalue weighted by Gasteiger charge is -2.15. The number of thiophene rings is 1. The van der Waals surface area contributed by atoms with Crippen molar-refractivity contribution in [1.82, 2.24) is 25.2 Å². The number of aromatic amines is 1. The van der Waals surface area contributed by atoms with Crippen LogP contribution in [-0.2, 0) is 13.1 Å². The highest BCUT2D eigenvalue weighted by atomic mass is 32.1. The Hall–Kier alpha value is -3.64. The number of thiazole rings is 1. The van der Waals surface area contributed by atoms with Gasteiger partial charge in [-0.3, -0.25) is 14.9 Å². The van der Waals surface area contributed by atoms with Gasteiger partial charge in [-0.2, -0.15) is 0 Å². The molecule has 0 aliphatic heterocycles. The van der Waals surface area contributed by atoms with Gasteiger partial charge in [0.2, 0.25) is 0 Å². The second-order valence-electron chi connectivity index (χ2n) is 7.21. The zero-order chi connectivity index (χ0) is 23.5. The van der Waals surface area contributed by atoms with E-state index in [1.54, 1.807) is 31.5 Å². The Morgan fingerprint density at radius 1 is 1.30 bits per heavy atom. The summed E-state index contributed by atoms with van der Waals surface area (Å²) < 4.78 is 13.2. The molecule has 1 aromatic carbocycles. The van der Waals surface area contributed by atoms with Crippen LogP contribution >= 0.6 is 22.7 Å². The summed E-state index contributed by atoms with van der Waals surface area (Å²) in [6.07, 6.45) is 1.32. The summed E-state index contributed by atoms with van der Waals surface area (Å²) >= 11 is 2.40. The predicted octanol–water partition coefficient (Wildman–Crippen LogP) is 3.48.